The molecule has 3 heterocycles. The highest BCUT2D eigenvalue weighted by Gasteiger charge is 2.51. The lowest BCUT2D eigenvalue weighted by Crippen LogP contribution is -2.55. The number of carbonyl (C=O) groups excluding carboxylic acids is 2. The summed E-state index contributed by atoms with van der Waals surface area (Å²) in [6, 6.07) is 2.97. The Kier molecular flexibility index (Phi) is 5.11. The summed E-state index contributed by atoms with van der Waals surface area (Å²) < 4.78 is 32.6. The van der Waals surface area contributed by atoms with E-state index in [9.17, 15) is 28.6 Å². The van der Waals surface area contributed by atoms with E-state index in [4.69, 9.17) is 4.74 Å². The van der Waals surface area contributed by atoms with Crippen molar-refractivity contribution in [3.05, 3.63) is 58.6 Å². The number of nitrogens with one attached hydrogen (secondary N) is 1. The first kappa shape index (κ1) is 20.5. The van der Waals surface area contributed by atoms with Gasteiger partial charge in [-0.25, -0.2) is 8.78 Å². The molecule has 0 spiro atoms. The predicted octanol–water partition coefficient (Wildman–Crippen LogP) is 1.68. The molecule has 1 amide bonds. The van der Waals surface area contributed by atoms with E-state index in [0.29, 0.717) is 19.1 Å². The number of Topliss-reactive ketones (excluding diaryl/α,β-unsaturated/α-hetero) is 1. The van der Waals surface area contributed by atoms with Crippen LogP contribution in [0, 0.1) is 17.0 Å². The summed E-state index contributed by atoms with van der Waals surface area (Å²) in [5, 5.41) is 23.7. The maximum Gasteiger partial charge on any atom is 0.252 e. The van der Waals surface area contributed by atoms with Crippen molar-refractivity contribution in [3.63, 3.8) is 0 Å². The Morgan fingerprint density at radius 3 is 2.90 bits per heavy atom. The number of ketones is 1. The normalized spacial score (nSPS) is 28.6. The molecule has 7 nitrogen and oxygen atoms in total. The topological polar surface area (TPSA) is 99.1 Å². The van der Waals surface area contributed by atoms with Crippen LogP contribution in [0.1, 0.15) is 25.3 Å². The van der Waals surface area contributed by atoms with Gasteiger partial charge >= 0.3 is 0 Å². The molecule has 9 heteroatoms. The van der Waals surface area contributed by atoms with E-state index in [1.165, 1.54) is 17.2 Å². The SMILES string of the molecule is C[C@]12CCCO[C@@H]1CN1C=C(C(=O)NCc3ccc(F)cc3F)C(O)C(=O)C1=C2O. The molecule has 160 valence electrons. The molecule has 0 radical (unpaired) electrons. The van der Waals surface area contributed by atoms with Crippen molar-refractivity contribution in [2.24, 2.45) is 5.41 Å². The summed E-state index contributed by atoms with van der Waals surface area (Å²) in [6.45, 7) is 2.35. The van der Waals surface area contributed by atoms with E-state index in [2.05, 4.69) is 5.32 Å². The zero-order valence-electron chi connectivity index (χ0n) is 16.3. The summed E-state index contributed by atoms with van der Waals surface area (Å²) in [5.41, 5.74) is -0.927. The lowest BCUT2D eigenvalue weighted by Gasteiger charge is -2.48. The van der Waals surface area contributed by atoms with Crippen LogP contribution < -0.4 is 5.32 Å². The molecular formula is C21H22F2N2O5. The van der Waals surface area contributed by atoms with Crippen LogP contribution in [0.2, 0.25) is 0 Å². The zero-order valence-corrected chi connectivity index (χ0v) is 16.3. The molecule has 1 aromatic rings. The van der Waals surface area contributed by atoms with Crippen molar-refractivity contribution in [3.8, 4) is 0 Å². The van der Waals surface area contributed by atoms with E-state index in [1.54, 1.807) is 0 Å². The third-order valence-corrected chi connectivity index (χ3v) is 6.07. The largest absolute Gasteiger partial charge is 0.509 e. The highest BCUT2D eigenvalue weighted by molar-refractivity contribution is 6.09. The van der Waals surface area contributed by atoms with Gasteiger partial charge in [0, 0.05) is 31.0 Å². The van der Waals surface area contributed by atoms with Gasteiger partial charge in [-0.05, 0) is 25.8 Å². The molecule has 4 rings (SSSR count). The van der Waals surface area contributed by atoms with Crippen LogP contribution in [-0.4, -0.2) is 52.2 Å². The van der Waals surface area contributed by atoms with Gasteiger partial charge in [-0.3, -0.25) is 9.59 Å². The van der Waals surface area contributed by atoms with E-state index in [-0.39, 0.29) is 41.8 Å². The van der Waals surface area contributed by atoms with Gasteiger partial charge in [0.15, 0.2) is 6.10 Å². The maximum atomic E-state index is 13.8. The van der Waals surface area contributed by atoms with Gasteiger partial charge in [0.05, 0.1) is 23.6 Å². The van der Waals surface area contributed by atoms with Gasteiger partial charge in [-0.2, -0.15) is 0 Å². The fourth-order valence-corrected chi connectivity index (χ4v) is 4.22. The van der Waals surface area contributed by atoms with E-state index >= 15 is 0 Å². The Morgan fingerprint density at radius 1 is 1.40 bits per heavy atom. The van der Waals surface area contributed by atoms with Gasteiger partial charge < -0.3 is 25.2 Å². The zero-order chi connectivity index (χ0) is 21.6. The second kappa shape index (κ2) is 7.48. The van der Waals surface area contributed by atoms with Crippen molar-refractivity contribution in [2.45, 2.75) is 38.5 Å². The highest BCUT2D eigenvalue weighted by atomic mass is 19.1. The molecule has 3 aliphatic rings. The van der Waals surface area contributed by atoms with Crippen molar-refractivity contribution in [1.82, 2.24) is 10.2 Å². The number of aliphatic hydroxyl groups is 2. The maximum absolute atomic E-state index is 13.8. The molecule has 0 bridgehead atoms. The highest BCUT2D eigenvalue weighted by Crippen LogP contribution is 2.46. The first-order valence-electron chi connectivity index (χ1n) is 9.70. The molecule has 30 heavy (non-hydrogen) atoms. The number of hydrogen-bond donors (Lipinski definition) is 3. The first-order chi connectivity index (χ1) is 14.2. The monoisotopic (exact) mass is 420 g/mol. The third-order valence-electron chi connectivity index (χ3n) is 6.07. The van der Waals surface area contributed by atoms with Crippen LogP contribution in [0.3, 0.4) is 0 Å². The number of ether oxygens (including phenoxy) is 1. The number of carbonyl (C=O) groups is 2. The number of hydrogen-bond acceptors (Lipinski definition) is 6. The number of fused-ring (bicyclic) bond motifs is 2. The third kappa shape index (κ3) is 3.27. The number of rotatable bonds is 3. The summed E-state index contributed by atoms with van der Waals surface area (Å²) in [5.74, 6) is -3.25. The van der Waals surface area contributed by atoms with Crippen LogP contribution in [0.25, 0.3) is 0 Å². The van der Waals surface area contributed by atoms with Gasteiger partial charge in [-0.15, -0.1) is 0 Å². The fourth-order valence-electron chi connectivity index (χ4n) is 4.22. The van der Waals surface area contributed by atoms with Gasteiger partial charge in [-0.1, -0.05) is 6.07 Å². The Balaban J connectivity index is 1.59. The van der Waals surface area contributed by atoms with Crippen LogP contribution >= 0.6 is 0 Å². The average molecular weight is 420 g/mol. The molecular weight excluding hydrogens is 398 g/mol. The smallest absolute Gasteiger partial charge is 0.252 e. The molecule has 3 atom stereocenters. The van der Waals surface area contributed by atoms with Gasteiger partial charge in [0.2, 0.25) is 5.78 Å². The Hall–Kier alpha value is -2.78. The summed E-state index contributed by atoms with van der Waals surface area (Å²) in [7, 11) is 0. The van der Waals surface area contributed by atoms with Gasteiger partial charge in [0.1, 0.15) is 23.1 Å². The number of aliphatic hydroxyl groups excluding tert-OH is 2. The standard InChI is InChI=1S/C21H22F2N2O5/c1-21-5-2-6-30-15(21)10-25-9-13(17(26)18(27)16(25)19(21)28)20(29)24-8-11-3-4-12(22)7-14(11)23/h3-4,7,9,15,17,26,28H,2,5-6,8,10H2,1H3,(H,24,29)/t15-,17?,21+/m1/s1. The second-order valence-electron chi connectivity index (χ2n) is 8.00. The minimum Gasteiger partial charge on any atom is -0.509 e. The Bertz CT molecular complexity index is 976. The summed E-state index contributed by atoms with van der Waals surface area (Å²) >= 11 is 0. The fraction of sp³-hybridized carbons (Fsp3) is 0.429. The minimum absolute atomic E-state index is 0.0344. The molecule has 0 aromatic heterocycles. The molecule has 3 N–H and O–H groups in total. The Morgan fingerprint density at radius 2 is 2.17 bits per heavy atom. The van der Waals surface area contributed by atoms with Crippen molar-refractivity contribution < 1.29 is 33.3 Å². The molecule has 1 fully saturated rings. The van der Waals surface area contributed by atoms with Crippen molar-refractivity contribution >= 4 is 11.7 Å². The first-order valence-corrected chi connectivity index (χ1v) is 9.70. The summed E-state index contributed by atoms with van der Waals surface area (Å²) in [4.78, 5) is 26.8. The number of benzene rings is 1. The van der Waals surface area contributed by atoms with E-state index < -0.39 is 34.8 Å². The quantitative estimate of drug-likeness (QED) is 0.688. The van der Waals surface area contributed by atoms with Crippen molar-refractivity contribution in [2.75, 3.05) is 13.2 Å². The van der Waals surface area contributed by atoms with Gasteiger partial charge in [0.25, 0.3) is 5.91 Å². The summed E-state index contributed by atoms with van der Waals surface area (Å²) in [6.07, 6.45) is 0.564. The predicted molar refractivity (Wildman–Crippen MR) is 101 cm³/mol. The number of halogens is 2. The molecule has 1 unspecified atom stereocenters. The Labute approximate surface area is 171 Å². The van der Waals surface area contributed by atoms with Crippen LogP contribution in [-0.2, 0) is 20.9 Å². The second-order valence-corrected chi connectivity index (χ2v) is 8.00. The molecule has 0 saturated carbocycles. The lowest BCUT2D eigenvalue weighted by atomic mass is 9.72. The van der Waals surface area contributed by atoms with E-state index in [0.717, 1.165) is 12.5 Å². The number of amides is 1. The molecule has 1 aromatic carbocycles. The minimum atomic E-state index is -1.76. The van der Waals surface area contributed by atoms with Crippen LogP contribution in [0.4, 0.5) is 8.78 Å². The van der Waals surface area contributed by atoms with Crippen LogP contribution in [0.5, 0.6) is 0 Å². The molecule has 3 aliphatic heterocycles. The average Bonchev–Trinajstić information content (AvgIpc) is 2.70. The molecule has 0 aliphatic carbocycles. The lowest BCUT2D eigenvalue weighted by molar-refractivity contribution is -0.132. The van der Waals surface area contributed by atoms with E-state index in [1.807, 2.05) is 6.92 Å². The molecule has 1 saturated heterocycles. The van der Waals surface area contributed by atoms with Crippen molar-refractivity contribution in [1.29, 1.82) is 0 Å². The number of nitrogens with zero attached hydrogens (tertiary/aromatic N) is 1. The van der Waals surface area contributed by atoms with Crippen LogP contribution in [0.15, 0.2) is 41.4 Å².